The van der Waals surface area contributed by atoms with Gasteiger partial charge in [0, 0.05) is 65.6 Å². The topological polar surface area (TPSA) is 75.2 Å². The Hall–Kier alpha value is -0.610. The minimum absolute atomic E-state index is 0. The third-order valence-electron chi connectivity index (χ3n) is 4.72. The van der Waals surface area contributed by atoms with E-state index in [0.29, 0.717) is 12.3 Å². The second kappa shape index (κ2) is 13.5. The molecule has 7 nitrogen and oxygen atoms in total. The van der Waals surface area contributed by atoms with Crippen molar-refractivity contribution >= 4 is 35.8 Å². The smallest absolute Gasteiger partial charge is 0.222 e. The third-order valence-corrected chi connectivity index (χ3v) is 4.72. The van der Waals surface area contributed by atoms with E-state index in [4.69, 9.17) is 9.47 Å². The quantitative estimate of drug-likeness (QED) is 0.238. The van der Waals surface area contributed by atoms with Crippen molar-refractivity contribution < 1.29 is 14.3 Å². The van der Waals surface area contributed by atoms with Gasteiger partial charge >= 0.3 is 0 Å². The van der Waals surface area contributed by atoms with E-state index in [0.717, 1.165) is 77.7 Å². The number of nitrogens with one attached hydrogen (secondary N) is 2. The van der Waals surface area contributed by atoms with Crippen LogP contribution < -0.4 is 10.6 Å². The van der Waals surface area contributed by atoms with Crippen LogP contribution in [0.25, 0.3) is 0 Å². The molecule has 0 aromatic heterocycles. The molecule has 2 N–H and O–H groups in total. The van der Waals surface area contributed by atoms with Gasteiger partial charge in [-0.05, 0) is 38.5 Å². The van der Waals surface area contributed by atoms with Crippen LogP contribution in [0.5, 0.6) is 0 Å². The highest BCUT2D eigenvalue weighted by Gasteiger charge is 2.23. The van der Waals surface area contributed by atoms with E-state index >= 15 is 0 Å². The summed E-state index contributed by atoms with van der Waals surface area (Å²) in [5.74, 6) is 1.71. The zero-order chi connectivity index (χ0) is 17.9. The van der Waals surface area contributed by atoms with Crippen molar-refractivity contribution in [1.82, 2.24) is 15.5 Å². The highest BCUT2D eigenvalue weighted by Crippen LogP contribution is 2.14. The van der Waals surface area contributed by atoms with Gasteiger partial charge in [0.05, 0.1) is 0 Å². The molecule has 0 saturated carbocycles. The van der Waals surface area contributed by atoms with Crippen LogP contribution in [0.3, 0.4) is 0 Å². The van der Waals surface area contributed by atoms with Gasteiger partial charge in [0.1, 0.15) is 0 Å². The van der Waals surface area contributed by atoms with Gasteiger partial charge in [0.15, 0.2) is 5.96 Å². The summed E-state index contributed by atoms with van der Waals surface area (Å²) in [6.07, 6.45) is 4.62. The zero-order valence-corrected chi connectivity index (χ0v) is 18.5. The molecule has 2 rings (SSSR count). The normalized spacial score (nSPS) is 22.1. The first kappa shape index (κ1) is 23.4. The molecule has 8 heteroatoms. The summed E-state index contributed by atoms with van der Waals surface area (Å²) in [6, 6.07) is 0.269. The summed E-state index contributed by atoms with van der Waals surface area (Å²) >= 11 is 0. The van der Waals surface area contributed by atoms with Crippen molar-refractivity contribution in [3.8, 4) is 0 Å². The van der Waals surface area contributed by atoms with Crippen molar-refractivity contribution in [2.75, 3.05) is 53.1 Å². The molecule has 1 amide bonds. The lowest BCUT2D eigenvalue weighted by Gasteiger charge is -2.31. The van der Waals surface area contributed by atoms with Gasteiger partial charge in [0.2, 0.25) is 5.91 Å². The monoisotopic (exact) mass is 482 g/mol. The van der Waals surface area contributed by atoms with Gasteiger partial charge in [-0.15, -0.1) is 24.0 Å². The average Bonchev–Trinajstić information content (AvgIpc) is 2.62. The van der Waals surface area contributed by atoms with E-state index < -0.39 is 0 Å². The van der Waals surface area contributed by atoms with Gasteiger partial charge in [-0.1, -0.05) is 0 Å². The molecule has 0 radical (unpaired) electrons. The number of hydrogen-bond acceptors (Lipinski definition) is 4. The SMILES string of the molecule is CCNC(=NCCCOCC1CCOCC1)NC1CCC(=O)N(C)C1.I. The number of rotatable bonds is 8. The molecule has 2 aliphatic rings. The first-order chi connectivity index (χ1) is 12.2. The molecule has 2 heterocycles. The molecule has 0 aromatic carbocycles. The number of nitrogens with zero attached hydrogens (tertiary/aromatic N) is 2. The Labute approximate surface area is 174 Å². The first-order valence-corrected chi connectivity index (χ1v) is 9.63. The number of guanidine groups is 1. The second-order valence-corrected chi connectivity index (χ2v) is 6.90. The standard InChI is InChI=1S/C18H34N4O3.HI/c1-3-19-18(21-16-5-6-17(23)22(2)13-16)20-9-4-10-25-14-15-7-11-24-12-8-15;/h15-16H,3-14H2,1-2H3,(H2,19,20,21);1H. The van der Waals surface area contributed by atoms with E-state index in [1.807, 2.05) is 7.05 Å². The summed E-state index contributed by atoms with van der Waals surface area (Å²) in [7, 11) is 1.86. The summed E-state index contributed by atoms with van der Waals surface area (Å²) in [4.78, 5) is 18.0. The Morgan fingerprint density at radius 2 is 2.12 bits per heavy atom. The fourth-order valence-corrected chi connectivity index (χ4v) is 3.16. The summed E-state index contributed by atoms with van der Waals surface area (Å²) in [6.45, 7) is 7.70. The minimum atomic E-state index is 0. The lowest BCUT2D eigenvalue weighted by atomic mass is 10.0. The Morgan fingerprint density at radius 3 is 2.81 bits per heavy atom. The Morgan fingerprint density at radius 1 is 1.35 bits per heavy atom. The lowest BCUT2D eigenvalue weighted by molar-refractivity contribution is -0.132. The van der Waals surface area contributed by atoms with Crippen molar-refractivity contribution in [2.45, 2.75) is 45.1 Å². The fourth-order valence-electron chi connectivity index (χ4n) is 3.16. The zero-order valence-electron chi connectivity index (χ0n) is 16.2. The molecule has 152 valence electrons. The van der Waals surface area contributed by atoms with E-state index in [-0.39, 0.29) is 35.9 Å². The van der Waals surface area contributed by atoms with E-state index in [1.165, 1.54) is 0 Å². The lowest BCUT2D eigenvalue weighted by Crippen LogP contribution is -2.51. The van der Waals surface area contributed by atoms with Crippen LogP contribution in [-0.4, -0.2) is 75.9 Å². The van der Waals surface area contributed by atoms with Crippen LogP contribution in [0.15, 0.2) is 4.99 Å². The van der Waals surface area contributed by atoms with Gasteiger partial charge in [-0.2, -0.15) is 0 Å². The van der Waals surface area contributed by atoms with Crippen LogP contribution in [0.4, 0.5) is 0 Å². The number of aliphatic imine (C=N–C) groups is 1. The van der Waals surface area contributed by atoms with E-state index in [9.17, 15) is 4.79 Å². The molecule has 1 atom stereocenters. The third kappa shape index (κ3) is 8.85. The summed E-state index contributed by atoms with van der Waals surface area (Å²) in [5, 5.41) is 6.72. The highest BCUT2D eigenvalue weighted by atomic mass is 127. The molecule has 2 aliphatic heterocycles. The van der Waals surface area contributed by atoms with Gasteiger partial charge in [-0.25, -0.2) is 0 Å². The Balaban J connectivity index is 0.00000338. The Kier molecular flexibility index (Phi) is 12.2. The second-order valence-electron chi connectivity index (χ2n) is 6.90. The summed E-state index contributed by atoms with van der Waals surface area (Å²) in [5.41, 5.74) is 0. The first-order valence-electron chi connectivity index (χ1n) is 9.63. The molecule has 0 aromatic rings. The fraction of sp³-hybridized carbons (Fsp3) is 0.889. The molecular weight excluding hydrogens is 447 g/mol. The van der Waals surface area contributed by atoms with Crippen molar-refractivity contribution in [3.63, 3.8) is 0 Å². The molecule has 0 spiro atoms. The number of carbonyl (C=O) groups is 1. The van der Waals surface area contributed by atoms with Gasteiger partial charge in [-0.3, -0.25) is 9.79 Å². The van der Waals surface area contributed by atoms with Crippen LogP contribution in [0.1, 0.15) is 39.0 Å². The van der Waals surface area contributed by atoms with Crippen LogP contribution in [0, 0.1) is 5.92 Å². The molecule has 1 unspecified atom stereocenters. The highest BCUT2D eigenvalue weighted by molar-refractivity contribution is 14.0. The molecule has 26 heavy (non-hydrogen) atoms. The number of piperidine rings is 1. The van der Waals surface area contributed by atoms with Crippen LogP contribution in [0.2, 0.25) is 0 Å². The predicted octanol–water partition coefficient (Wildman–Crippen LogP) is 1.61. The summed E-state index contributed by atoms with van der Waals surface area (Å²) < 4.78 is 11.1. The maximum Gasteiger partial charge on any atom is 0.222 e. The number of likely N-dealkylation sites (tertiary alicyclic amines) is 1. The van der Waals surface area contributed by atoms with Crippen molar-refractivity contribution in [3.05, 3.63) is 0 Å². The molecule has 0 bridgehead atoms. The number of ether oxygens (including phenoxy) is 2. The number of carbonyl (C=O) groups excluding carboxylic acids is 1. The van der Waals surface area contributed by atoms with Crippen LogP contribution in [-0.2, 0) is 14.3 Å². The van der Waals surface area contributed by atoms with E-state index in [1.54, 1.807) is 4.90 Å². The molecule has 0 aliphatic carbocycles. The molecule has 2 saturated heterocycles. The average molecular weight is 482 g/mol. The minimum Gasteiger partial charge on any atom is -0.381 e. The Bertz CT molecular complexity index is 431. The number of halogens is 1. The number of likely N-dealkylation sites (N-methyl/N-ethyl adjacent to an activating group) is 1. The van der Waals surface area contributed by atoms with Crippen molar-refractivity contribution in [2.24, 2.45) is 10.9 Å². The maximum atomic E-state index is 11.6. The van der Waals surface area contributed by atoms with Gasteiger partial charge < -0.3 is 25.0 Å². The van der Waals surface area contributed by atoms with Crippen LogP contribution >= 0.6 is 24.0 Å². The van der Waals surface area contributed by atoms with E-state index in [2.05, 4.69) is 22.5 Å². The predicted molar refractivity (Wildman–Crippen MR) is 114 cm³/mol. The number of amides is 1. The maximum absolute atomic E-state index is 11.6. The van der Waals surface area contributed by atoms with Crippen molar-refractivity contribution in [1.29, 1.82) is 0 Å². The largest absolute Gasteiger partial charge is 0.381 e. The number of hydrogen-bond donors (Lipinski definition) is 2. The molecular formula is C18H35IN4O3. The molecule has 2 fully saturated rings. The van der Waals surface area contributed by atoms with Gasteiger partial charge in [0.25, 0.3) is 0 Å².